The van der Waals surface area contributed by atoms with E-state index in [1.54, 1.807) is 10.3 Å². The van der Waals surface area contributed by atoms with Gasteiger partial charge in [0, 0.05) is 29.6 Å². The van der Waals surface area contributed by atoms with Crippen LogP contribution >= 0.6 is 11.5 Å². The number of ether oxygens (including phenoxy) is 1. The normalized spacial score (nSPS) is 16.7. The average molecular weight is 468 g/mol. The molecule has 14 heteroatoms. The Balaban J connectivity index is 1.38. The Morgan fingerprint density at radius 3 is 2.69 bits per heavy atom. The highest BCUT2D eigenvalue weighted by atomic mass is 32.1. The number of alkyl halides is 3. The van der Waals surface area contributed by atoms with Gasteiger partial charge in [-0.2, -0.15) is 18.2 Å². The summed E-state index contributed by atoms with van der Waals surface area (Å²) < 4.78 is 51.1. The summed E-state index contributed by atoms with van der Waals surface area (Å²) in [7, 11) is 0. The van der Waals surface area contributed by atoms with Crippen LogP contribution in [0.3, 0.4) is 0 Å². The van der Waals surface area contributed by atoms with Crippen LogP contribution in [-0.4, -0.2) is 68.8 Å². The molecule has 1 unspecified atom stereocenters. The molecule has 1 saturated heterocycles. The Labute approximate surface area is 182 Å². The van der Waals surface area contributed by atoms with E-state index in [9.17, 15) is 22.8 Å². The van der Waals surface area contributed by atoms with E-state index in [0.717, 1.165) is 11.5 Å². The molecule has 1 atom stereocenters. The monoisotopic (exact) mass is 468 g/mol. The predicted molar refractivity (Wildman–Crippen MR) is 103 cm³/mol. The van der Waals surface area contributed by atoms with Crippen LogP contribution in [0.25, 0.3) is 11.4 Å². The van der Waals surface area contributed by atoms with Gasteiger partial charge in [-0.25, -0.2) is 0 Å². The standard InChI is InChI=1S/C18H15F3N6O4S/c19-18(20,21)17-23-14(25-31-17)10-1-3-11(4-2-10)15(28)22-7-12-8-30-6-5-27(12)16(29)13-9-32-26-24-13/h1-4,9,12H,5-8H2,(H,22,28). The fourth-order valence-corrected chi connectivity index (χ4v) is 3.47. The zero-order valence-corrected chi connectivity index (χ0v) is 17.0. The largest absolute Gasteiger partial charge is 0.471 e. The number of morpholine rings is 1. The van der Waals surface area contributed by atoms with Crippen molar-refractivity contribution >= 4 is 23.3 Å². The number of nitrogens with one attached hydrogen (secondary N) is 1. The molecule has 4 rings (SSSR count). The third-order valence-electron chi connectivity index (χ3n) is 4.64. The maximum atomic E-state index is 12.6. The second-order valence-electron chi connectivity index (χ2n) is 6.73. The molecule has 1 aliphatic rings. The minimum atomic E-state index is -4.74. The third kappa shape index (κ3) is 4.75. The van der Waals surface area contributed by atoms with Crippen molar-refractivity contribution in [3.8, 4) is 11.4 Å². The summed E-state index contributed by atoms with van der Waals surface area (Å²) in [6.07, 6.45) is -4.74. The van der Waals surface area contributed by atoms with Crippen molar-refractivity contribution in [2.75, 3.05) is 26.3 Å². The van der Waals surface area contributed by atoms with E-state index in [4.69, 9.17) is 4.74 Å². The summed E-state index contributed by atoms with van der Waals surface area (Å²) in [6.45, 7) is 1.13. The van der Waals surface area contributed by atoms with Crippen LogP contribution in [0.15, 0.2) is 34.2 Å². The molecule has 2 amide bonds. The predicted octanol–water partition coefficient (Wildman–Crippen LogP) is 1.88. The summed E-state index contributed by atoms with van der Waals surface area (Å²) in [5.41, 5.74) is 0.765. The molecular formula is C18H15F3N6O4S. The Kier molecular flexibility index (Phi) is 6.14. The third-order valence-corrected chi connectivity index (χ3v) is 5.14. The van der Waals surface area contributed by atoms with Gasteiger partial charge in [0.2, 0.25) is 5.82 Å². The lowest BCUT2D eigenvalue weighted by molar-refractivity contribution is -0.159. The second kappa shape index (κ2) is 9.00. The fourth-order valence-electron chi connectivity index (χ4n) is 3.04. The van der Waals surface area contributed by atoms with E-state index >= 15 is 0 Å². The second-order valence-corrected chi connectivity index (χ2v) is 7.34. The first-order valence-electron chi connectivity index (χ1n) is 9.28. The first kappa shape index (κ1) is 21.8. The highest BCUT2D eigenvalue weighted by molar-refractivity contribution is 7.03. The lowest BCUT2D eigenvalue weighted by Crippen LogP contribution is -2.53. The number of aromatic nitrogens is 4. The van der Waals surface area contributed by atoms with E-state index in [0.29, 0.717) is 13.2 Å². The molecule has 0 radical (unpaired) electrons. The zero-order valence-electron chi connectivity index (χ0n) is 16.2. The van der Waals surface area contributed by atoms with Crippen LogP contribution in [0.4, 0.5) is 13.2 Å². The number of rotatable bonds is 5. The van der Waals surface area contributed by atoms with Gasteiger partial charge in [-0.1, -0.05) is 21.8 Å². The molecule has 1 N–H and O–H groups in total. The minimum Gasteiger partial charge on any atom is -0.377 e. The van der Waals surface area contributed by atoms with E-state index in [1.807, 2.05) is 0 Å². The maximum Gasteiger partial charge on any atom is 0.471 e. The van der Waals surface area contributed by atoms with Crippen LogP contribution in [0, 0.1) is 0 Å². The number of carbonyl (C=O) groups excluding carboxylic acids is 2. The van der Waals surface area contributed by atoms with Gasteiger partial charge in [0.1, 0.15) is 0 Å². The van der Waals surface area contributed by atoms with Gasteiger partial charge >= 0.3 is 12.1 Å². The summed E-state index contributed by atoms with van der Waals surface area (Å²) in [5, 5.41) is 11.4. The van der Waals surface area contributed by atoms with Gasteiger partial charge in [0.25, 0.3) is 11.8 Å². The number of benzene rings is 1. The minimum absolute atomic E-state index is 0.143. The smallest absolute Gasteiger partial charge is 0.377 e. The van der Waals surface area contributed by atoms with Gasteiger partial charge in [-0.05, 0) is 23.7 Å². The molecule has 3 heterocycles. The topological polar surface area (TPSA) is 123 Å². The van der Waals surface area contributed by atoms with E-state index < -0.39 is 18.0 Å². The van der Waals surface area contributed by atoms with Crippen LogP contribution in [0.2, 0.25) is 0 Å². The number of hydrogen-bond donors (Lipinski definition) is 1. The first-order chi connectivity index (χ1) is 15.3. The van der Waals surface area contributed by atoms with Gasteiger partial charge in [0.05, 0.1) is 19.3 Å². The molecule has 2 aromatic heterocycles. The zero-order chi connectivity index (χ0) is 22.7. The Morgan fingerprint density at radius 1 is 1.25 bits per heavy atom. The Bertz CT molecular complexity index is 1090. The lowest BCUT2D eigenvalue weighted by atomic mass is 10.1. The molecule has 32 heavy (non-hydrogen) atoms. The molecule has 10 nitrogen and oxygen atoms in total. The molecule has 0 bridgehead atoms. The van der Waals surface area contributed by atoms with Crippen molar-refractivity contribution in [2.24, 2.45) is 0 Å². The van der Waals surface area contributed by atoms with E-state index in [2.05, 4.69) is 29.6 Å². The summed E-state index contributed by atoms with van der Waals surface area (Å²) in [5.74, 6) is -2.40. The van der Waals surface area contributed by atoms with Crippen LogP contribution < -0.4 is 5.32 Å². The number of hydrogen-bond acceptors (Lipinski definition) is 9. The van der Waals surface area contributed by atoms with Crippen LogP contribution in [-0.2, 0) is 10.9 Å². The number of amides is 2. The highest BCUT2D eigenvalue weighted by Crippen LogP contribution is 2.29. The Hall–Kier alpha value is -3.39. The fraction of sp³-hybridized carbons (Fsp3) is 0.333. The number of nitrogens with zero attached hydrogens (tertiary/aromatic N) is 5. The molecule has 0 saturated carbocycles. The van der Waals surface area contributed by atoms with Crippen LogP contribution in [0.1, 0.15) is 26.7 Å². The van der Waals surface area contributed by atoms with Gasteiger partial charge in [-0.15, -0.1) is 5.10 Å². The van der Waals surface area contributed by atoms with Gasteiger partial charge in [0.15, 0.2) is 5.69 Å². The molecule has 1 aliphatic heterocycles. The summed E-state index contributed by atoms with van der Waals surface area (Å²) in [6, 6.07) is 5.29. The molecular weight excluding hydrogens is 453 g/mol. The van der Waals surface area contributed by atoms with Crippen LogP contribution in [0.5, 0.6) is 0 Å². The first-order valence-corrected chi connectivity index (χ1v) is 10.1. The number of halogens is 3. The van der Waals surface area contributed by atoms with Crippen molar-refractivity contribution < 1.29 is 32.0 Å². The van der Waals surface area contributed by atoms with Crippen molar-refractivity contribution in [2.45, 2.75) is 12.2 Å². The quantitative estimate of drug-likeness (QED) is 0.602. The van der Waals surface area contributed by atoms with Crippen molar-refractivity contribution in [3.63, 3.8) is 0 Å². The molecule has 3 aromatic rings. The lowest BCUT2D eigenvalue weighted by Gasteiger charge is -2.35. The molecule has 0 aliphatic carbocycles. The highest BCUT2D eigenvalue weighted by Gasteiger charge is 2.38. The van der Waals surface area contributed by atoms with E-state index in [1.165, 1.54) is 24.3 Å². The molecule has 0 spiro atoms. The average Bonchev–Trinajstić information content (AvgIpc) is 3.50. The molecule has 1 aromatic carbocycles. The van der Waals surface area contributed by atoms with Gasteiger partial charge < -0.3 is 19.5 Å². The SMILES string of the molecule is O=C(NCC1COCCN1C(=O)c1csnn1)c1ccc(-c2noc(C(F)(F)F)n2)cc1. The van der Waals surface area contributed by atoms with Crippen molar-refractivity contribution in [3.05, 3.63) is 46.8 Å². The summed E-state index contributed by atoms with van der Waals surface area (Å²) in [4.78, 5) is 30.0. The van der Waals surface area contributed by atoms with E-state index in [-0.39, 0.29) is 47.7 Å². The molecule has 1 fully saturated rings. The van der Waals surface area contributed by atoms with Crippen molar-refractivity contribution in [1.29, 1.82) is 0 Å². The van der Waals surface area contributed by atoms with Gasteiger partial charge in [-0.3, -0.25) is 9.59 Å². The van der Waals surface area contributed by atoms with Crippen molar-refractivity contribution in [1.82, 2.24) is 29.9 Å². The Morgan fingerprint density at radius 2 is 2.03 bits per heavy atom. The molecule has 168 valence electrons. The summed E-state index contributed by atoms with van der Waals surface area (Å²) >= 11 is 1.07. The maximum absolute atomic E-state index is 12.6. The number of carbonyl (C=O) groups is 2.